The van der Waals surface area contributed by atoms with E-state index in [1.165, 1.54) is 15.3 Å². The summed E-state index contributed by atoms with van der Waals surface area (Å²) in [5.74, 6) is 0.417. The zero-order valence-corrected chi connectivity index (χ0v) is 12.6. The number of halogens is 1. The first-order valence-corrected chi connectivity index (χ1v) is 7.44. The smallest absolute Gasteiger partial charge is 0.251 e. The topological polar surface area (TPSA) is 29.1 Å². The summed E-state index contributed by atoms with van der Waals surface area (Å²) in [6, 6.07) is 9.48. The lowest BCUT2D eigenvalue weighted by molar-refractivity contribution is 0.0951. The molecule has 1 aromatic heterocycles. The summed E-state index contributed by atoms with van der Waals surface area (Å²) in [7, 11) is 0. The van der Waals surface area contributed by atoms with Crippen LogP contribution in [0.5, 0.6) is 0 Å². The van der Waals surface area contributed by atoms with E-state index in [-0.39, 0.29) is 5.91 Å². The molecule has 2 rings (SSSR count). The van der Waals surface area contributed by atoms with E-state index in [1.54, 1.807) is 23.5 Å². The molecule has 0 aliphatic rings. The molecule has 0 aliphatic heterocycles. The van der Waals surface area contributed by atoms with E-state index < -0.39 is 0 Å². The van der Waals surface area contributed by atoms with Gasteiger partial charge in [0.2, 0.25) is 0 Å². The van der Waals surface area contributed by atoms with Crippen LogP contribution in [0.2, 0.25) is 0 Å². The first-order valence-electron chi connectivity index (χ1n) is 6.09. The summed E-state index contributed by atoms with van der Waals surface area (Å²) >= 11 is 7.44. The molecule has 100 valence electrons. The number of thiophene rings is 1. The molecule has 2 aromatic rings. The predicted molar refractivity (Wildman–Crippen MR) is 81.0 cm³/mol. The summed E-state index contributed by atoms with van der Waals surface area (Å²) < 4.78 is 0. The van der Waals surface area contributed by atoms with E-state index in [0.717, 1.165) is 5.56 Å². The number of amides is 1. The van der Waals surface area contributed by atoms with E-state index in [0.29, 0.717) is 18.0 Å². The second-order valence-corrected chi connectivity index (χ2v) is 6.07. The molecule has 0 saturated carbocycles. The maximum atomic E-state index is 12.0. The fraction of sp³-hybridized carbons (Fsp3) is 0.267. The highest BCUT2D eigenvalue weighted by molar-refractivity contribution is 7.12. The number of alkyl halides is 1. The maximum absolute atomic E-state index is 12.0. The van der Waals surface area contributed by atoms with Crippen molar-refractivity contribution in [2.75, 3.05) is 0 Å². The maximum Gasteiger partial charge on any atom is 0.251 e. The first kappa shape index (κ1) is 14.1. The van der Waals surface area contributed by atoms with Crippen molar-refractivity contribution in [1.82, 2.24) is 5.32 Å². The molecule has 4 heteroatoms. The second kappa shape index (κ2) is 6.22. The largest absolute Gasteiger partial charge is 0.347 e. The molecule has 1 heterocycles. The van der Waals surface area contributed by atoms with Crippen LogP contribution in [0.4, 0.5) is 0 Å². The van der Waals surface area contributed by atoms with Gasteiger partial charge in [0.25, 0.3) is 5.91 Å². The van der Waals surface area contributed by atoms with Crippen molar-refractivity contribution in [3.05, 3.63) is 56.8 Å². The Kier molecular flexibility index (Phi) is 4.61. The molecule has 1 amide bonds. The van der Waals surface area contributed by atoms with Crippen LogP contribution in [0, 0.1) is 13.8 Å². The quantitative estimate of drug-likeness (QED) is 0.847. The first-order chi connectivity index (χ1) is 9.10. The number of aryl methyl sites for hydroxylation is 2. The molecule has 0 saturated heterocycles. The molecular formula is C15H16ClNOS. The Labute approximate surface area is 122 Å². The number of hydrogen-bond donors (Lipinski definition) is 1. The zero-order chi connectivity index (χ0) is 13.8. The van der Waals surface area contributed by atoms with Crippen LogP contribution in [-0.4, -0.2) is 5.91 Å². The Morgan fingerprint density at radius 1 is 1.26 bits per heavy atom. The van der Waals surface area contributed by atoms with Crippen LogP contribution < -0.4 is 5.32 Å². The molecule has 0 aliphatic carbocycles. The van der Waals surface area contributed by atoms with Crippen LogP contribution in [0.15, 0.2) is 30.3 Å². The van der Waals surface area contributed by atoms with Gasteiger partial charge in [-0.25, -0.2) is 0 Å². The summed E-state index contributed by atoms with van der Waals surface area (Å²) in [4.78, 5) is 14.5. The fourth-order valence-corrected chi connectivity index (χ4v) is 2.92. The Morgan fingerprint density at radius 2 is 1.95 bits per heavy atom. The lowest BCUT2D eigenvalue weighted by Crippen LogP contribution is -2.22. The van der Waals surface area contributed by atoms with Gasteiger partial charge < -0.3 is 5.32 Å². The third-order valence-electron chi connectivity index (χ3n) is 3.01. The molecule has 0 atom stereocenters. The van der Waals surface area contributed by atoms with Gasteiger partial charge in [0.15, 0.2) is 0 Å². The summed E-state index contributed by atoms with van der Waals surface area (Å²) in [5, 5.41) is 2.93. The standard InChI is InChI=1S/C15H16ClNOS/c1-10-7-14(19-11(10)2)9-17-15(18)13-5-3-12(8-16)4-6-13/h3-7H,8-9H2,1-2H3,(H,17,18). The van der Waals surface area contributed by atoms with Gasteiger partial charge in [-0.3, -0.25) is 4.79 Å². The van der Waals surface area contributed by atoms with Crippen LogP contribution in [0.25, 0.3) is 0 Å². The third-order valence-corrected chi connectivity index (χ3v) is 4.47. The van der Waals surface area contributed by atoms with Crippen molar-refractivity contribution in [2.45, 2.75) is 26.3 Å². The highest BCUT2D eigenvalue weighted by atomic mass is 35.5. The van der Waals surface area contributed by atoms with Gasteiger partial charge in [0.1, 0.15) is 0 Å². The minimum Gasteiger partial charge on any atom is -0.347 e. The minimum absolute atomic E-state index is 0.0511. The molecular weight excluding hydrogens is 278 g/mol. The predicted octanol–water partition coefficient (Wildman–Crippen LogP) is 4.03. The SMILES string of the molecule is Cc1cc(CNC(=O)c2ccc(CCl)cc2)sc1C. The molecule has 0 radical (unpaired) electrons. The van der Waals surface area contributed by atoms with Crippen LogP contribution in [0.1, 0.15) is 31.2 Å². The Morgan fingerprint density at radius 3 is 2.47 bits per heavy atom. The second-order valence-electron chi connectivity index (χ2n) is 4.47. The lowest BCUT2D eigenvalue weighted by Gasteiger charge is -2.04. The van der Waals surface area contributed by atoms with E-state index >= 15 is 0 Å². The highest BCUT2D eigenvalue weighted by Crippen LogP contribution is 2.20. The van der Waals surface area contributed by atoms with Crippen molar-refractivity contribution >= 4 is 28.8 Å². The lowest BCUT2D eigenvalue weighted by atomic mass is 10.1. The molecule has 0 spiro atoms. The Bertz CT molecular complexity index is 555. The zero-order valence-electron chi connectivity index (χ0n) is 11.0. The van der Waals surface area contributed by atoms with Gasteiger partial charge in [-0.2, -0.15) is 0 Å². The van der Waals surface area contributed by atoms with Crippen molar-refractivity contribution in [1.29, 1.82) is 0 Å². The molecule has 2 nitrogen and oxygen atoms in total. The monoisotopic (exact) mass is 293 g/mol. The van der Waals surface area contributed by atoms with Crippen molar-refractivity contribution < 1.29 is 4.79 Å². The van der Waals surface area contributed by atoms with E-state index in [9.17, 15) is 4.79 Å². The van der Waals surface area contributed by atoms with Gasteiger partial charge in [-0.1, -0.05) is 12.1 Å². The van der Waals surface area contributed by atoms with Crippen molar-refractivity contribution in [2.24, 2.45) is 0 Å². The number of benzene rings is 1. The molecule has 0 bridgehead atoms. The minimum atomic E-state index is -0.0511. The summed E-state index contributed by atoms with van der Waals surface area (Å²) in [5.41, 5.74) is 2.96. The molecule has 1 aromatic carbocycles. The number of nitrogens with one attached hydrogen (secondary N) is 1. The van der Waals surface area contributed by atoms with Gasteiger partial charge in [-0.15, -0.1) is 22.9 Å². The summed E-state index contributed by atoms with van der Waals surface area (Å²) in [6.45, 7) is 4.76. The molecule has 19 heavy (non-hydrogen) atoms. The molecule has 0 fully saturated rings. The average molecular weight is 294 g/mol. The van der Waals surface area contributed by atoms with Gasteiger partial charge >= 0.3 is 0 Å². The molecule has 1 N–H and O–H groups in total. The van der Waals surface area contributed by atoms with E-state index in [2.05, 4.69) is 25.2 Å². The molecule has 0 unspecified atom stereocenters. The van der Waals surface area contributed by atoms with E-state index in [1.807, 2.05) is 12.1 Å². The average Bonchev–Trinajstić information content (AvgIpc) is 2.75. The summed E-state index contributed by atoms with van der Waals surface area (Å²) in [6.07, 6.45) is 0. The number of carbonyl (C=O) groups is 1. The normalized spacial score (nSPS) is 10.5. The van der Waals surface area contributed by atoms with Crippen LogP contribution in [-0.2, 0) is 12.4 Å². The highest BCUT2D eigenvalue weighted by Gasteiger charge is 2.07. The fourth-order valence-electron chi connectivity index (χ4n) is 1.75. The number of rotatable bonds is 4. The van der Waals surface area contributed by atoms with Crippen LogP contribution >= 0.6 is 22.9 Å². The van der Waals surface area contributed by atoms with Crippen LogP contribution in [0.3, 0.4) is 0 Å². The Balaban J connectivity index is 1.96. The van der Waals surface area contributed by atoms with Gasteiger partial charge in [0.05, 0.1) is 6.54 Å². The Hall–Kier alpha value is -1.32. The number of carbonyl (C=O) groups excluding carboxylic acids is 1. The van der Waals surface area contributed by atoms with Gasteiger partial charge in [-0.05, 0) is 43.2 Å². The number of hydrogen-bond acceptors (Lipinski definition) is 2. The van der Waals surface area contributed by atoms with Crippen molar-refractivity contribution in [3.8, 4) is 0 Å². The van der Waals surface area contributed by atoms with Crippen molar-refractivity contribution in [3.63, 3.8) is 0 Å². The third kappa shape index (κ3) is 3.58. The van der Waals surface area contributed by atoms with E-state index in [4.69, 9.17) is 11.6 Å². The van der Waals surface area contributed by atoms with Gasteiger partial charge in [0, 0.05) is 21.2 Å².